The third kappa shape index (κ3) is 4.50. The highest BCUT2D eigenvalue weighted by molar-refractivity contribution is 5.92. The second-order valence-corrected chi connectivity index (χ2v) is 6.30. The average Bonchev–Trinajstić information content (AvgIpc) is 2.59. The Kier molecular flexibility index (Phi) is 6.08. The molecular weight excluding hydrogens is 290 g/mol. The minimum atomic E-state index is 0.0439. The van der Waals surface area contributed by atoms with Crippen LogP contribution in [0, 0.1) is 5.92 Å². The maximum atomic E-state index is 12.4. The second-order valence-electron chi connectivity index (χ2n) is 6.30. The van der Waals surface area contributed by atoms with E-state index in [0.717, 1.165) is 30.1 Å². The third-order valence-corrected chi connectivity index (χ3v) is 4.73. The van der Waals surface area contributed by atoms with Gasteiger partial charge in [0.05, 0.1) is 14.2 Å². The first-order chi connectivity index (χ1) is 11.0. The molecule has 0 aliphatic heterocycles. The van der Waals surface area contributed by atoms with Crippen molar-refractivity contribution >= 4 is 12.0 Å². The van der Waals surface area contributed by atoms with Crippen LogP contribution in [-0.4, -0.2) is 38.1 Å². The van der Waals surface area contributed by atoms with Crippen molar-refractivity contribution in [1.29, 1.82) is 0 Å². The monoisotopic (exact) mass is 317 g/mol. The minimum absolute atomic E-state index is 0.0439. The molecule has 0 bridgehead atoms. The topological polar surface area (TPSA) is 38.8 Å². The number of amides is 1. The van der Waals surface area contributed by atoms with Gasteiger partial charge in [0, 0.05) is 30.8 Å². The molecule has 4 heteroatoms. The number of likely N-dealkylation sites (N-methyl/N-ethyl adjacent to an activating group) is 1. The molecule has 0 aromatic heterocycles. The van der Waals surface area contributed by atoms with Gasteiger partial charge in [0.1, 0.15) is 11.5 Å². The lowest BCUT2D eigenvalue weighted by Gasteiger charge is -2.33. The Labute approximate surface area is 139 Å². The third-order valence-electron chi connectivity index (χ3n) is 4.73. The molecule has 2 rings (SSSR count). The van der Waals surface area contributed by atoms with Crippen molar-refractivity contribution in [3.05, 3.63) is 29.8 Å². The molecule has 1 saturated carbocycles. The number of hydrogen-bond acceptors (Lipinski definition) is 3. The van der Waals surface area contributed by atoms with E-state index >= 15 is 0 Å². The van der Waals surface area contributed by atoms with Crippen LogP contribution >= 0.6 is 0 Å². The first kappa shape index (κ1) is 17.4. The van der Waals surface area contributed by atoms with Crippen molar-refractivity contribution in [2.45, 2.75) is 38.6 Å². The molecule has 1 aliphatic carbocycles. The highest BCUT2D eigenvalue weighted by atomic mass is 16.5. The SMILES string of the molecule is COc1ccc(/C=C/C(=O)N(C)C2CCC(C)CC2)c(OC)c1. The minimum Gasteiger partial charge on any atom is -0.497 e. The van der Waals surface area contributed by atoms with Crippen LogP contribution in [0.1, 0.15) is 38.2 Å². The van der Waals surface area contributed by atoms with Gasteiger partial charge in [-0.1, -0.05) is 6.92 Å². The van der Waals surface area contributed by atoms with Gasteiger partial charge in [-0.3, -0.25) is 4.79 Å². The fourth-order valence-electron chi connectivity index (χ4n) is 3.04. The quantitative estimate of drug-likeness (QED) is 0.776. The van der Waals surface area contributed by atoms with E-state index in [0.29, 0.717) is 11.8 Å². The molecule has 4 nitrogen and oxygen atoms in total. The van der Waals surface area contributed by atoms with Gasteiger partial charge in [0.2, 0.25) is 5.91 Å². The molecular formula is C19H27NO3. The van der Waals surface area contributed by atoms with Crippen LogP contribution in [0.25, 0.3) is 6.08 Å². The van der Waals surface area contributed by atoms with Crippen LogP contribution < -0.4 is 9.47 Å². The van der Waals surface area contributed by atoms with Gasteiger partial charge in [0.25, 0.3) is 0 Å². The number of carbonyl (C=O) groups is 1. The molecule has 1 aromatic carbocycles. The number of benzene rings is 1. The van der Waals surface area contributed by atoms with Crippen LogP contribution in [0.5, 0.6) is 11.5 Å². The maximum Gasteiger partial charge on any atom is 0.246 e. The Balaban J connectivity index is 2.03. The van der Waals surface area contributed by atoms with Crippen molar-refractivity contribution in [3.63, 3.8) is 0 Å². The Morgan fingerprint density at radius 1 is 1.17 bits per heavy atom. The van der Waals surface area contributed by atoms with Gasteiger partial charge in [-0.2, -0.15) is 0 Å². The molecule has 1 aromatic rings. The maximum absolute atomic E-state index is 12.4. The lowest BCUT2D eigenvalue weighted by atomic mass is 9.87. The summed E-state index contributed by atoms with van der Waals surface area (Å²) in [5.41, 5.74) is 0.868. The summed E-state index contributed by atoms with van der Waals surface area (Å²) in [6, 6.07) is 5.93. The Morgan fingerprint density at radius 2 is 1.87 bits per heavy atom. The number of ether oxygens (including phenoxy) is 2. The number of rotatable bonds is 5. The fraction of sp³-hybridized carbons (Fsp3) is 0.526. The van der Waals surface area contributed by atoms with Crippen molar-refractivity contribution in [1.82, 2.24) is 4.90 Å². The van der Waals surface area contributed by atoms with Crippen molar-refractivity contribution in [2.24, 2.45) is 5.92 Å². The van der Waals surface area contributed by atoms with Crippen LogP contribution in [0.3, 0.4) is 0 Å². The van der Waals surface area contributed by atoms with E-state index in [2.05, 4.69) is 6.92 Å². The van der Waals surface area contributed by atoms with Gasteiger partial charge in [-0.25, -0.2) is 0 Å². The van der Waals surface area contributed by atoms with Gasteiger partial charge >= 0.3 is 0 Å². The summed E-state index contributed by atoms with van der Waals surface area (Å²) in [6.45, 7) is 2.29. The van der Waals surface area contributed by atoms with E-state index < -0.39 is 0 Å². The smallest absolute Gasteiger partial charge is 0.246 e. The van der Waals surface area contributed by atoms with Gasteiger partial charge in [0.15, 0.2) is 0 Å². The van der Waals surface area contributed by atoms with E-state index in [9.17, 15) is 4.79 Å². The van der Waals surface area contributed by atoms with Crippen LogP contribution in [0.2, 0.25) is 0 Å². The van der Waals surface area contributed by atoms with Gasteiger partial charge in [-0.15, -0.1) is 0 Å². The summed E-state index contributed by atoms with van der Waals surface area (Å²) < 4.78 is 10.5. The van der Waals surface area contributed by atoms with E-state index in [4.69, 9.17) is 9.47 Å². The van der Waals surface area contributed by atoms with E-state index in [1.54, 1.807) is 20.3 Å². The molecule has 0 N–H and O–H groups in total. The van der Waals surface area contributed by atoms with E-state index in [-0.39, 0.29) is 5.91 Å². The van der Waals surface area contributed by atoms with Crippen LogP contribution in [-0.2, 0) is 4.79 Å². The number of hydrogen-bond donors (Lipinski definition) is 0. The number of methoxy groups -OCH3 is 2. The second kappa shape index (κ2) is 8.04. The predicted octanol–water partition coefficient (Wildman–Crippen LogP) is 3.75. The summed E-state index contributed by atoms with van der Waals surface area (Å²) in [7, 11) is 5.13. The van der Waals surface area contributed by atoms with Crippen LogP contribution in [0.4, 0.5) is 0 Å². The summed E-state index contributed by atoms with van der Waals surface area (Å²) >= 11 is 0. The fourth-order valence-corrected chi connectivity index (χ4v) is 3.04. The highest BCUT2D eigenvalue weighted by Gasteiger charge is 2.23. The number of carbonyl (C=O) groups excluding carboxylic acids is 1. The molecule has 1 fully saturated rings. The molecule has 0 spiro atoms. The van der Waals surface area contributed by atoms with Crippen molar-refractivity contribution < 1.29 is 14.3 Å². The van der Waals surface area contributed by atoms with E-state index in [1.807, 2.05) is 36.2 Å². The first-order valence-corrected chi connectivity index (χ1v) is 8.22. The first-order valence-electron chi connectivity index (χ1n) is 8.22. The molecule has 0 heterocycles. The zero-order valence-electron chi connectivity index (χ0n) is 14.5. The van der Waals surface area contributed by atoms with Gasteiger partial charge in [-0.05, 0) is 49.8 Å². The Morgan fingerprint density at radius 3 is 2.48 bits per heavy atom. The average molecular weight is 317 g/mol. The Bertz CT molecular complexity index is 560. The zero-order chi connectivity index (χ0) is 16.8. The van der Waals surface area contributed by atoms with Crippen molar-refractivity contribution in [2.75, 3.05) is 21.3 Å². The Hall–Kier alpha value is -1.97. The van der Waals surface area contributed by atoms with Crippen molar-refractivity contribution in [3.8, 4) is 11.5 Å². The summed E-state index contributed by atoms with van der Waals surface area (Å²) in [5, 5.41) is 0. The molecule has 0 saturated heterocycles. The molecule has 0 unspecified atom stereocenters. The molecule has 1 amide bonds. The largest absolute Gasteiger partial charge is 0.497 e. The predicted molar refractivity (Wildman–Crippen MR) is 92.8 cm³/mol. The number of nitrogens with zero attached hydrogens (tertiary/aromatic N) is 1. The molecule has 126 valence electrons. The zero-order valence-corrected chi connectivity index (χ0v) is 14.5. The summed E-state index contributed by atoms with van der Waals surface area (Å²) in [6.07, 6.45) is 8.05. The molecule has 0 atom stereocenters. The summed E-state index contributed by atoms with van der Waals surface area (Å²) in [5.74, 6) is 2.26. The van der Waals surface area contributed by atoms with Gasteiger partial charge < -0.3 is 14.4 Å². The lowest BCUT2D eigenvalue weighted by Crippen LogP contribution is -2.38. The van der Waals surface area contributed by atoms with Crippen LogP contribution in [0.15, 0.2) is 24.3 Å². The molecule has 0 radical (unpaired) electrons. The molecule has 23 heavy (non-hydrogen) atoms. The normalized spacial score (nSPS) is 21.2. The van der Waals surface area contributed by atoms with E-state index in [1.165, 1.54) is 12.8 Å². The molecule has 1 aliphatic rings. The lowest BCUT2D eigenvalue weighted by molar-refractivity contribution is -0.127. The summed E-state index contributed by atoms with van der Waals surface area (Å²) in [4.78, 5) is 14.3. The highest BCUT2D eigenvalue weighted by Crippen LogP contribution is 2.27. The standard InChI is InChI=1S/C19H27NO3/c1-14-5-9-16(10-6-14)20(2)19(21)12-8-15-7-11-17(22-3)13-18(15)23-4/h7-8,11-14,16H,5-6,9-10H2,1-4H3/b12-8+.